The van der Waals surface area contributed by atoms with Gasteiger partial charge in [-0.3, -0.25) is 14.9 Å². The zero-order valence-corrected chi connectivity index (χ0v) is 13.3. The number of hydrazine groups is 1. The fourth-order valence-corrected chi connectivity index (χ4v) is 3.90. The molecule has 5 rings (SSSR count). The molecule has 0 spiro atoms. The summed E-state index contributed by atoms with van der Waals surface area (Å²) in [5, 5.41) is 1.96. The van der Waals surface area contributed by atoms with Crippen LogP contribution in [0.4, 0.5) is 5.69 Å². The van der Waals surface area contributed by atoms with Crippen molar-refractivity contribution >= 4 is 23.1 Å². The van der Waals surface area contributed by atoms with E-state index < -0.39 is 0 Å². The van der Waals surface area contributed by atoms with Crippen molar-refractivity contribution < 1.29 is 0 Å². The van der Waals surface area contributed by atoms with Gasteiger partial charge in [0.25, 0.3) is 0 Å². The Balaban J connectivity index is 1.44. The highest BCUT2D eigenvalue weighted by Gasteiger charge is 2.27. The molecule has 0 saturated heterocycles. The number of nitrogens with zero attached hydrogens (tertiary/aromatic N) is 5. The molecule has 0 bridgehead atoms. The number of hydrogen-bond acceptors (Lipinski definition) is 5. The lowest BCUT2D eigenvalue weighted by atomic mass is 9.91. The quantitative estimate of drug-likeness (QED) is 0.918. The molecular formula is C17H22N6. The average Bonchev–Trinajstić information content (AvgIpc) is 3.11. The molecule has 0 amide bonds. The predicted octanol–water partition coefficient (Wildman–Crippen LogP) is 1.76. The first kappa shape index (κ1) is 13.5. The van der Waals surface area contributed by atoms with E-state index >= 15 is 0 Å². The summed E-state index contributed by atoms with van der Waals surface area (Å²) in [5.41, 5.74) is 6.66. The maximum absolute atomic E-state index is 4.92. The molecule has 3 heterocycles. The zero-order valence-electron chi connectivity index (χ0n) is 13.3. The van der Waals surface area contributed by atoms with Crippen LogP contribution < -0.4 is 10.4 Å². The van der Waals surface area contributed by atoms with E-state index in [4.69, 9.17) is 4.98 Å². The molecule has 0 unspecified atom stereocenters. The Labute approximate surface area is 135 Å². The van der Waals surface area contributed by atoms with Gasteiger partial charge in [0.1, 0.15) is 18.8 Å². The minimum atomic E-state index is 0.648. The number of imidazole rings is 1. The van der Waals surface area contributed by atoms with Crippen LogP contribution in [0.1, 0.15) is 25.1 Å². The van der Waals surface area contributed by atoms with Crippen LogP contribution in [-0.2, 0) is 13.0 Å². The van der Waals surface area contributed by atoms with E-state index in [-0.39, 0.29) is 0 Å². The molecule has 6 nitrogen and oxygen atoms in total. The smallest absolute Gasteiger partial charge is 0.111 e. The molecule has 2 aliphatic heterocycles. The molecule has 6 heteroatoms. The van der Waals surface area contributed by atoms with Gasteiger partial charge in [-0.25, -0.2) is 10.4 Å². The van der Waals surface area contributed by atoms with Crippen LogP contribution in [0.5, 0.6) is 0 Å². The van der Waals surface area contributed by atoms with Crippen LogP contribution in [0.25, 0.3) is 11.0 Å². The van der Waals surface area contributed by atoms with Crippen LogP contribution in [0, 0.1) is 0 Å². The van der Waals surface area contributed by atoms with Crippen molar-refractivity contribution in [2.45, 2.75) is 38.3 Å². The highest BCUT2D eigenvalue weighted by atomic mass is 15.6. The van der Waals surface area contributed by atoms with Crippen LogP contribution in [0.3, 0.4) is 0 Å². The largest absolute Gasteiger partial charge is 0.327 e. The van der Waals surface area contributed by atoms with Gasteiger partial charge in [-0.1, -0.05) is 6.42 Å². The molecule has 23 heavy (non-hydrogen) atoms. The van der Waals surface area contributed by atoms with Gasteiger partial charge in [-0.2, -0.15) is 0 Å². The number of aromatic nitrogens is 2. The molecule has 0 radical (unpaired) electrons. The van der Waals surface area contributed by atoms with E-state index in [1.165, 1.54) is 30.6 Å². The molecule has 1 aromatic carbocycles. The summed E-state index contributed by atoms with van der Waals surface area (Å²) >= 11 is 0. The SMILES string of the molecule is C1=NCNN1c1ccc2c(c1)nc1n2CCN(C2CCC2)CC1. The third-order valence-corrected chi connectivity index (χ3v) is 5.44. The summed E-state index contributed by atoms with van der Waals surface area (Å²) in [5.74, 6) is 1.24. The molecule has 1 aromatic heterocycles. The van der Waals surface area contributed by atoms with Gasteiger partial charge in [-0.15, -0.1) is 0 Å². The molecule has 1 N–H and O–H groups in total. The minimum Gasteiger partial charge on any atom is -0.327 e. The molecule has 0 atom stereocenters. The molecule has 2 aromatic rings. The first-order valence-corrected chi connectivity index (χ1v) is 8.64. The highest BCUT2D eigenvalue weighted by Crippen LogP contribution is 2.28. The number of fused-ring (bicyclic) bond motifs is 3. The third kappa shape index (κ3) is 2.24. The van der Waals surface area contributed by atoms with Crippen molar-refractivity contribution in [3.8, 4) is 0 Å². The van der Waals surface area contributed by atoms with Crippen LogP contribution in [0.2, 0.25) is 0 Å². The molecule has 1 aliphatic carbocycles. The average molecular weight is 310 g/mol. The van der Waals surface area contributed by atoms with E-state index in [0.29, 0.717) is 6.67 Å². The van der Waals surface area contributed by atoms with E-state index in [1.54, 1.807) is 0 Å². The second kappa shape index (κ2) is 5.32. The van der Waals surface area contributed by atoms with Gasteiger partial charge in [0.05, 0.1) is 16.7 Å². The van der Waals surface area contributed by atoms with E-state index in [1.807, 2.05) is 11.3 Å². The van der Waals surface area contributed by atoms with E-state index in [2.05, 4.69) is 38.1 Å². The van der Waals surface area contributed by atoms with Gasteiger partial charge in [0.2, 0.25) is 0 Å². The number of hydrogen-bond donors (Lipinski definition) is 1. The standard InChI is InChI=1S/C17H22N6/c1-2-13(3-1)21-7-6-17-20-15-10-14(23-12-18-11-19-23)4-5-16(15)22(17)9-8-21/h4-5,10,12-13,19H,1-3,6-9,11H2. The van der Waals surface area contributed by atoms with Crippen LogP contribution in [0.15, 0.2) is 23.2 Å². The van der Waals surface area contributed by atoms with Crippen molar-refractivity contribution in [2.24, 2.45) is 4.99 Å². The normalized spacial score (nSPS) is 22.3. The first-order valence-electron chi connectivity index (χ1n) is 8.64. The predicted molar refractivity (Wildman–Crippen MR) is 91.6 cm³/mol. The topological polar surface area (TPSA) is 48.7 Å². The molecular weight excluding hydrogens is 288 g/mol. The Kier molecular flexibility index (Phi) is 3.12. The summed E-state index contributed by atoms with van der Waals surface area (Å²) in [4.78, 5) is 11.8. The van der Waals surface area contributed by atoms with Crippen molar-refractivity contribution in [2.75, 3.05) is 24.8 Å². The highest BCUT2D eigenvalue weighted by molar-refractivity contribution is 5.86. The van der Waals surface area contributed by atoms with Gasteiger partial charge in [-0.05, 0) is 31.0 Å². The maximum Gasteiger partial charge on any atom is 0.111 e. The van der Waals surface area contributed by atoms with Crippen molar-refractivity contribution in [3.63, 3.8) is 0 Å². The summed E-state index contributed by atoms with van der Waals surface area (Å²) < 4.78 is 2.42. The van der Waals surface area contributed by atoms with E-state index in [0.717, 1.165) is 43.3 Å². The number of anilines is 1. The molecule has 120 valence electrons. The molecule has 1 fully saturated rings. The van der Waals surface area contributed by atoms with Crippen LogP contribution in [-0.4, -0.2) is 46.6 Å². The van der Waals surface area contributed by atoms with E-state index in [9.17, 15) is 0 Å². The Morgan fingerprint density at radius 3 is 2.87 bits per heavy atom. The lowest BCUT2D eigenvalue weighted by molar-refractivity contribution is 0.130. The van der Waals surface area contributed by atoms with Gasteiger partial charge in [0, 0.05) is 32.1 Å². The first-order chi connectivity index (χ1) is 11.4. The lowest BCUT2D eigenvalue weighted by Gasteiger charge is -2.36. The van der Waals surface area contributed by atoms with Gasteiger partial charge >= 0.3 is 0 Å². The Hall–Kier alpha value is -1.92. The van der Waals surface area contributed by atoms with Crippen molar-refractivity contribution in [1.82, 2.24) is 19.9 Å². The molecule has 3 aliphatic rings. The third-order valence-electron chi connectivity index (χ3n) is 5.44. The zero-order chi connectivity index (χ0) is 15.2. The fraction of sp³-hybridized carbons (Fsp3) is 0.529. The summed E-state index contributed by atoms with van der Waals surface area (Å²) in [6, 6.07) is 7.34. The summed E-state index contributed by atoms with van der Waals surface area (Å²) in [6.07, 6.45) is 7.07. The minimum absolute atomic E-state index is 0.648. The number of benzene rings is 1. The molecule has 1 saturated carbocycles. The lowest BCUT2D eigenvalue weighted by Crippen LogP contribution is -2.41. The maximum atomic E-state index is 4.92. The number of rotatable bonds is 2. The van der Waals surface area contributed by atoms with Crippen LogP contribution >= 0.6 is 0 Å². The van der Waals surface area contributed by atoms with Crippen molar-refractivity contribution in [1.29, 1.82) is 0 Å². The Morgan fingerprint density at radius 2 is 2.09 bits per heavy atom. The van der Waals surface area contributed by atoms with Crippen molar-refractivity contribution in [3.05, 3.63) is 24.0 Å². The Bertz CT molecular complexity index is 760. The number of aliphatic imine (C=N–C) groups is 1. The second-order valence-corrected chi connectivity index (χ2v) is 6.71. The second-order valence-electron chi connectivity index (χ2n) is 6.71. The monoisotopic (exact) mass is 310 g/mol. The van der Waals surface area contributed by atoms with Gasteiger partial charge in [0.15, 0.2) is 0 Å². The Morgan fingerprint density at radius 1 is 1.13 bits per heavy atom. The number of nitrogens with one attached hydrogen (secondary N) is 1. The summed E-state index contributed by atoms with van der Waals surface area (Å²) in [7, 11) is 0. The summed E-state index contributed by atoms with van der Waals surface area (Å²) in [6.45, 7) is 4.02. The fourth-order valence-electron chi connectivity index (χ4n) is 3.90. The van der Waals surface area contributed by atoms with Gasteiger partial charge < -0.3 is 4.57 Å².